The molecule has 1 amide bonds. The molecule has 102 valence electrons. The first kappa shape index (κ1) is 13.7. The second-order valence-electron chi connectivity index (χ2n) is 4.89. The standard InChI is InChI=1S/C15H19NO3/c1-11(17)13-5-2-4-12(8-13)9-16-15(18)14-6-3-7-19-10-14/h2,4-5,8,14H,3,6-7,9-10H2,1H3,(H,16,18)/t14-/m0/s1. The summed E-state index contributed by atoms with van der Waals surface area (Å²) in [5.41, 5.74) is 1.62. The van der Waals surface area contributed by atoms with E-state index in [2.05, 4.69) is 5.32 Å². The number of ketones is 1. The SMILES string of the molecule is CC(=O)c1cccc(CNC(=O)[C@H]2CCCOC2)c1. The van der Waals surface area contributed by atoms with Crippen molar-refractivity contribution in [2.24, 2.45) is 5.92 Å². The molecule has 4 nitrogen and oxygen atoms in total. The Balaban J connectivity index is 1.89. The van der Waals surface area contributed by atoms with E-state index < -0.39 is 0 Å². The molecule has 2 rings (SSSR count). The number of carbonyl (C=O) groups excluding carboxylic acids is 2. The highest BCUT2D eigenvalue weighted by molar-refractivity contribution is 5.94. The van der Waals surface area contributed by atoms with Crippen LogP contribution < -0.4 is 5.32 Å². The van der Waals surface area contributed by atoms with Gasteiger partial charge in [0.1, 0.15) is 0 Å². The Morgan fingerprint density at radius 2 is 2.26 bits per heavy atom. The zero-order valence-electron chi connectivity index (χ0n) is 11.1. The highest BCUT2D eigenvalue weighted by Crippen LogP contribution is 2.14. The lowest BCUT2D eigenvalue weighted by atomic mass is 10.0. The molecule has 1 fully saturated rings. The van der Waals surface area contributed by atoms with Crippen molar-refractivity contribution in [2.45, 2.75) is 26.3 Å². The predicted octanol–water partition coefficient (Wildman–Crippen LogP) is 1.93. The monoisotopic (exact) mass is 261 g/mol. The van der Waals surface area contributed by atoms with E-state index in [0.29, 0.717) is 18.7 Å². The molecule has 0 unspecified atom stereocenters. The minimum atomic E-state index is -0.0373. The van der Waals surface area contributed by atoms with Gasteiger partial charge in [-0.2, -0.15) is 0 Å². The van der Waals surface area contributed by atoms with Gasteiger partial charge in [0.2, 0.25) is 5.91 Å². The molecule has 1 heterocycles. The molecule has 1 atom stereocenters. The molecule has 0 saturated carbocycles. The fourth-order valence-corrected chi connectivity index (χ4v) is 2.18. The van der Waals surface area contributed by atoms with Crippen molar-refractivity contribution < 1.29 is 14.3 Å². The van der Waals surface area contributed by atoms with E-state index in [0.717, 1.165) is 25.0 Å². The summed E-state index contributed by atoms with van der Waals surface area (Å²) in [5, 5.41) is 2.90. The van der Waals surface area contributed by atoms with Crippen LogP contribution in [-0.4, -0.2) is 24.9 Å². The maximum atomic E-state index is 11.9. The van der Waals surface area contributed by atoms with E-state index in [1.807, 2.05) is 18.2 Å². The minimum absolute atomic E-state index is 0.0351. The van der Waals surface area contributed by atoms with Crippen molar-refractivity contribution in [1.82, 2.24) is 5.32 Å². The first-order chi connectivity index (χ1) is 9.16. The van der Waals surface area contributed by atoms with Gasteiger partial charge in [-0.05, 0) is 31.4 Å². The van der Waals surface area contributed by atoms with Gasteiger partial charge in [0, 0.05) is 18.7 Å². The van der Waals surface area contributed by atoms with Gasteiger partial charge in [0.25, 0.3) is 0 Å². The predicted molar refractivity (Wildman–Crippen MR) is 71.8 cm³/mol. The smallest absolute Gasteiger partial charge is 0.225 e. The number of hydrogen-bond donors (Lipinski definition) is 1. The molecule has 1 aliphatic heterocycles. The van der Waals surface area contributed by atoms with Gasteiger partial charge in [-0.3, -0.25) is 9.59 Å². The first-order valence-electron chi connectivity index (χ1n) is 6.62. The summed E-state index contributed by atoms with van der Waals surface area (Å²) in [4.78, 5) is 23.2. The largest absolute Gasteiger partial charge is 0.381 e. The van der Waals surface area contributed by atoms with Crippen LogP contribution in [0, 0.1) is 5.92 Å². The Bertz CT molecular complexity index is 464. The average molecular weight is 261 g/mol. The molecule has 4 heteroatoms. The fourth-order valence-electron chi connectivity index (χ4n) is 2.18. The molecule has 1 saturated heterocycles. The molecule has 1 aliphatic rings. The van der Waals surface area contributed by atoms with Crippen molar-refractivity contribution in [1.29, 1.82) is 0 Å². The normalized spacial score (nSPS) is 18.9. The molecule has 19 heavy (non-hydrogen) atoms. The molecule has 0 spiro atoms. The number of amides is 1. The summed E-state index contributed by atoms with van der Waals surface area (Å²) in [6, 6.07) is 7.34. The summed E-state index contributed by atoms with van der Waals surface area (Å²) in [7, 11) is 0. The van der Waals surface area contributed by atoms with E-state index in [4.69, 9.17) is 4.74 Å². The molecular weight excluding hydrogens is 242 g/mol. The molecule has 1 N–H and O–H groups in total. The number of rotatable bonds is 4. The van der Waals surface area contributed by atoms with Gasteiger partial charge in [0.05, 0.1) is 12.5 Å². The Hall–Kier alpha value is -1.68. The molecule has 0 aliphatic carbocycles. The van der Waals surface area contributed by atoms with Crippen LogP contribution in [0.15, 0.2) is 24.3 Å². The quantitative estimate of drug-likeness (QED) is 0.843. The van der Waals surface area contributed by atoms with E-state index in [1.165, 1.54) is 6.92 Å². The molecule has 0 radical (unpaired) electrons. The minimum Gasteiger partial charge on any atom is -0.381 e. The molecule has 0 bridgehead atoms. The molecule has 1 aromatic rings. The number of benzene rings is 1. The number of Topliss-reactive ketones (excluding diaryl/α,β-unsaturated/α-hetero) is 1. The highest BCUT2D eigenvalue weighted by Gasteiger charge is 2.21. The van der Waals surface area contributed by atoms with Crippen LogP contribution >= 0.6 is 0 Å². The zero-order chi connectivity index (χ0) is 13.7. The Labute approximate surface area is 113 Å². The third-order valence-corrected chi connectivity index (χ3v) is 3.33. The van der Waals surface area contributed by atoms with Gasteiger partial charge in [-0.15, -0.1) is 0 Å². The van der Waals surface area contributed by atoms with Crippen LogP contribution in [0.5, 0.6) is 0 Å². The van der Waals surface area contributed by atoms with Crippen molar-refractivity contribution in [3.63, 3.8) is 0 Å². The van der Waals surface area contributed by atoms with E-state index in [1.54, 1.807) is 6.07 Å². The maximum Gasteiger partial charge on any atom is 0.225 e. The Morgan fingerprint density at radius 3 is 2.95 bits per heavy atom. The van der Waals surface area contributed by atoms with Crippen molar-refractivity contribution in [3.8, 4) is 0 Å². The summed E-state index contributed by atoms with van der Waals surface area (Å²) in [6.45, 7) is 3.26. The van der Waals surface area contributed by atoms with Crippen LogP contribution in [0.2, 0.25) is 0 Å². The van der Waals surface area contributed by atoms with Crippen molar-refractivity contribution >= 4 is 11.7 Å². The average Bonchev–Trinajstić information content (AvgIpc) is 2.46. The van der Waals surface area contributed by atoms with Crippen LogP contribution in [0.3, 0.4) is 0 Å². The van der Waals surface area contributed by atoms with Crippen molar-refractivity contribution in [3.05, 3.63) is 35.4 Å². The third kappa shape index (κ3) is 3.89. The lowest BCUT2D eigenvalue weighted by molar-refractivity contribution is -0.129. The summed E-state index contributed by atoms with van der Waals surface area (Å²) in [5.74, 6) is 0.0338. The molecule has 1 aromatic carbocycles. The van der Waals surface area contributed by atoms with Gasteiger partial charge >= 0.3 is 0 Å². The molecule has 0 aromatic heterocycles. The maximum absolute atomic E-state index is 11.9. The van der Waals surface area contributed by atoms with Crippen molar-refractivity contribution in [2.75, 3.05) is 13.2 Å². The van der Waals surface area contributed by atoms with E-state index >= 15 is 0 Å². The van der Waals surface area contributed by atoms with Gasteiger partial charge in [-0.25, -0.2) is 0 Å². The van der Waals surface area contributed by atoms with E-state index in [9.17, 15) is 9.59 Å². The zero-order valence-corrected chi connectivity index (χ0v) is 11.1. The second kappa shape index (κ2) is 6.48. The summed E-state index contributed by atoms with van der Waals surface area (Å²) in [6.07, 6.45) is 1.83. The number of ether oxygens (including phenoxy) is 1. The summed E-state index contributed by atoms with van der Waals surface area (Å²) >= 11 is 0. The number of carbonyl (C=O) groups is 2. The Morgan fingerprint density at radius 1 is 1.42 bits per heavy atom. The number of nitrogens with one attached hydrogen (secondary N) is 1. The lowest BCUT2D eigenvalue weighted by Crippen LogP contribution is -2.35. The van der Waals surface area contributed by atoms with Crippen LogP contribution in [0.4, 0.5) is 0 Å². The molecular formula is C15H19NO3. The third-order valence-electron chi connectivity index (χ3n) is 3.33. The van der Waals surface area contributed by atoms with Crippen LogP contribution in [0.25, 0.3) is 0 Å². The number of hydrogen-bond acceptors (Lipinski definition) is 3. The topological polar surface area (TPSA) is 55.4 Å². The van der Waals surface area contributed by atoms with Crippen LogP contribution in [0.1, 0.15) is 35.7 Å². The lowest BCUT2D eigenvalue weighted by Gasteiger charge is -2.21. The highest BCUT2D eigenvalue weighted by atomic mass is 16.5. The van der Waals surface area contributed by atoms with E-state index in [-0.39, 0.29) is 17.6 Å². The second-order valence-corrected chi connectivity index (χ2v) is 4.89. The summed E-state index contributed by atoms with van der Waals surface area (Å²) < 4.78 is 5.30. The van der Waals surface area contributed by atoms with Crippen LogP contribution in [-0.2, 0) is 16.1 Å². The van der Waals surface area contributed by atoms with Gasteiger partial charge < -0.3 is 10.1 Å². The van der Waals surface area contributed by atoms with Gasteiger partial charge in [-0.1, -0.05) is 18.2 Å². The van der Waals surface area contributed by atoms with Gasteiger partial charge in [0.15, 0.2) is 5.78 Å². The first-order valence-corrected chi connectivity index (χ1v) is 6.62. The fraction of sp³-hybridized carbons (Fsp3) is 0.467. The Kier molecular flexibility index (Phi) is 4.68.